The molecule has 0 saturated carbocycles. The molecule has 0 N–H and O–H groups in total. The molecule has 1 aliphatic rings. The van der Waals surface area contributed by atoms with Crippen LogP contribution in [0.25, 0.3) is 0 Å². The molecule has 5 heteroatoms. The van der Waals surface area contributed by atoms with Crippen LogP contribution in [0.15, 0.2) is 30.3 Å². The summed E-state index contributed by atoms with van der Waals surface area (Å²) in [6, 6.07) is 8.92. The fourth-order valence-electron chi connectivity index (χ4n) is 1.47. The molecule has 0 spiro atoms. The van der Waals surface area contributed by atoms with Crippen molar-refractivity contribution in [2.75, 3.05) is 13.2 Å². The van der Waals surface area contributed by atoms with E-state index >= 15 is 0 Å². The van der Waals surface area contributed by atoms with Crippen LogP contribution in [0.5, 0.6) is 0 Å². The van der Waals surface area contributed by atoms with Gasteiger partial charge in [-0.15, -0.1) is 0 Å². The monoisotopic (exact) mass is 220 g/mol. The maximum atomic E-state index is 11.5. The van der Waals surface area contributed by atoms with Crippen molar-refractivity contribution >= 4 is 13.8 Å². The zero-order valence-electron chi connectivity index (χ0n) is 9.09. The van der Waals surface area contributed by atoms with E-state index in [4.69, 9.17) is 14.2 Å². The van der Waals surface area contributed by atoms with Gasteiger partial charge in [0, 0.05) is 0 Å². The third kappa shape index (κ3) is 2.84. The van der Waals surface area contributed by atoms with Gasteiger partial charge >= 0.3 is 5.97 Å². The Kier molecular flexibility index (Phi) is 3.59. The quantitative estimate of drug-likeness (QED) is 0.538. The average Bonchev–Trinajstić information content (AvgIpc) is 2.73. The van der Waals surface area contributed by atoms with E-state index in [9.17, 15) is 4.79 Å². The van der Waals surface area contributed by atoms with Crippen LogP contribution in [0.1, 0.15) is 10.4 Å². The van der Waals surface area contributed by atoms with E-state index in [1.54, 1.807) is 24.3 Å². The minimum absolute atomic E-state index is 0.0698. The van der Waals surface area contributed by atoms with Crippen LogP contribution in [0.3, 0.4) is 0 Å². The molecule has 2 unspecified atom stereocenters. The SMILES string of the molecule is BC1COC(COC(=O)c2ccccc2)O1. The molecule has 0 bridgehead atoms. The zero-order chi connectivity index (χ0) is 11.4. The molecule has 2 atom stereocenters. The molecular formula is C11H13BO4. The number of ether oxygens (including phenoxy) is 3. The van der Waals surface area contributed by atoms with Gasteiger partial charge in [0.15, 0.2) is 6.29 Å². The molecule has 4 nitrogen and oxygen atoms in total. The highest BCUT2D eigenvalue weighted by Crippen LogP contribution is 2.10. The Labute approximate surface area is 94.9 Å². The Bertz CT molecular complexity index is 354. The van der Waals surface area contributed by atoms with Crippen molar-refractivity contribution in [3.05, 3.63) is 35.9 Å². The van der Waals surface area contributed by atoms with E-state index in [2.05, 4.69) is 0 Å². The Balaban J connectivity index is 1.80. The number of carbonyl (C=O) groups is 1. The van der Waals surface area contributed by atoms with Crippen molar-refractivity contribution in [2.45, 2.75) is 12.3 Å². The van der Waals surface area contributed by atoms with Crippen molar-refractivity contribution in [1.82, 2.24) is 0 Å². The van der Waals surface area contributed by atoms with E-state index in [0.717, 1.165) is 0 Å². The summed E-state index contributed by atoms with van der Waals surface area (Å²) in [7, 11) is 1.92. The van der Waals surface area contributed by atoms with Gasteiger partial charge < -0.3 is 14.2 Å². The second kappa shape index (κ2) is 5.14. The summed E-state index contributed by atoms with van der Waals surface area (Å²) in [6.45, 7) is 0.686. The van der Waals surface area contributed by atoms with Gasteiger partial charge in [-0.25, -0.2) is 4.79 Å². The van der Waals surface area contributed by atoms with E-state index in [1.807, 2.05) is 13.9 Å². The predicted molar refractivity (Wildman–Crippen MR) is 59.9 cm³/mol. The van der Waals surface area contributed by atoms with Crippen molar-refractivity contribution in [1.29, 1.82) is 0 Å². The largest absolute Gasteiger partial charge is 0.457 e. The van der Waals surface area contributed by atoms with Crippen LogP contribution in [0.2, 0.25) is 0 Å². The fourth-order valence-corrected chi connectivity index (χ4v) is 1.47. The van der Waals surface area contributed by atoms with Crippen LogP contribution in [0.4, 0.5) is 0 Å². The molecule has 0 amide bonds. The van der Waals surface area contributed by atoms with Crippen LogP contribution in [0, 0.1) is 0 Å². The van der Waals surface area contributed by atoms with Gasteiger partial charge in [-0.1, -0.05) is 18.2 Å². The van der Waals surface area contributed by atoms with Gasteiger partial charge in [-0.05, 0) is 12.1 Å². The van der Waals surface area contributed by atoms with E-state index in [1.165, 1.54) is 0 Å². The van der Waals surface area contributed by atoms with E-state index < -0.39 is 6.29 Å². The van der Waals surface area contributed by atoms with Crippen LogP contribution < -0.4 is 0 Å². The molecule has 2 rings (SSSR count). The number of benzene rings is 1. The van der Waals surface area contributed by atoms with Crippen LogP contribution >= 0.6 is 0 Å². The average molecular weight is 220 g/mol. The first kappa shape index (κ1) is 11.2. The molecule has 84 valence electrons. The summed E-state index contributed by atoms with van der Waals surface area (Å²) in [4.78, 5) is 11.5. The summed E-state index contributed by atoms with van der Waals surface area (Å²) in [5.74, 6) is -0.354. The first-order valence-corrected chi connectivity index (χ1v) is 5.25. The molecule has 1 aliphatic heterocycles. The molecule has 0 aliphatic carbocycles. The van der Waals surface area contributed by atoms with Crippen molar-refractivity contribution in [3.8, 4) is 0 Å². The molecule has 1 heterocycles. The number of rotatable bonds is 3. The Morgan fingerprint density at radius 3 is 2.81 bits per heavy atom. The number of carbonyl (C=O) groups excluding carboxylic acids is 1. The molecule has 1 fully saturated rings. The lowest BCUT2D eigenvalue weighted by Crippen LogP contribution is -2.20. The summed E-state index contributed by atoms with van der Waals surface area (Å²) in [5, 5.41) is 0. The molecule has 0 aromatic heterocycles. The molecule has 0 radical (unpaired) electrons. The molecule has 1 saturated heterocycles. The Morgan fingerprint density at radius 2 is 2.19 bits per heavy atom. The van der Waals surface area contributed by atoms with Gasteiger partial charge in [-0.2, -0.15) is 0 Å². The second-order valence-corrected chi connectivity index (χ2v) is 3.67. The standard InChI is InChI=1S/C11H13BO4/c12-9-6-14-10(16-9)7-15-11(13)8-4-2-1-3-5-8/h1-5,9-10H,6-7,12H2. The zero-order valence-corrected chi connectivity index (χ0v) is 9.09. The van der Waals surface area contributed by atoms with Gasteiger partial charge in [0.2, 0.25) is 0 Å². The normalized spacial score (nSPS) is 24.2. The van der Waals surface area contributed by atoms with Gasteiger partial charge in [0.1, 0.15) is 14.5 Å². The van der Waals surface area contributed by atoms with E-state index in [0.29, 0.717) is 12.2 Å². The predicted octanol–water partition coefficient (Wildman–Crippen LogP) is 0.175. The summed E-state index contributed by atoms with van der Waals surface area (Å²) >= 11 is 0. The molecular weight excluding hydrogens is 207 g/mol. The molecule has 1 aromatic rings. The maximum Gasteiger partial charge on any atom is 0.338 e. The first-order chi connectivity index (χ1) is 7.75. The number of hydrogen-bond acceptors (Lipinski definition) is 4. The third-order valence-electron chi connectivity index (χ3n) is 2.26. The molecule has 16 heavy (non-hydrogen) atoms. The lowest BCUT2D eigenvalue weighted by molar-refractivity contribution is -0.0847. The lowest BCUT2D eigenvalue weighted by atomic mass is 10.0. The lowest BCUT2D eigenvalue weighted by Gasteiger charge is -2.10. The Morgan fingerprint density at radius 1 is 1.44 bits per heavy atom. The first-order valence-electron chi connectivity index (χ1n) is 5.25. The van der Waals surface area contributed by atoms with Crippen LogP contribution in [-0.2, 0) is 14.2 Å². The van der Waals surface area contributed by atoms with Crippen LogP contribution in [-0.4, -0.2) is 39.3 Å². The Hall–Kier alpha value is -1.33. The van der Waals surface area contributed by atoms with Crippen molar-refractivity contribution in [3.63, 3.8) is 0 Å². The summed E-state index contributed by atoms with van der Waals surface area (Å²) in [5.41, 5.74) is 0.536. The van der Waals surface area contributed by atoms with Gasteiger partial charge in [0.25, 0.3) is 0 Å². The second-order valence-electron chi connectivity index (χ2n) is 3.67. The maximum absolute atomic E-state index is 11.5. The fraction of sp³-hybridized carbons (Fsp3) is 0.364. The highest BCUT2D eigenvalue weighted by atomic mass is 16.7. The third-order valence-corrected chi connectivity index (χ3v) is 2.26. The summed E-state index contributed by atoms with van der Waals surface area (Å²) < 4.78 is 15.7. The minimum atomic E-state index is -0.428. The topological polar surface area (TPSA) is 44.8 Å². The van der Waals surface area contributed by atoms with E-state index in [-0.39, 0.29) is 18.6 Å². The summed E-state index contributed by atoms with van der Waals surface area (Å²) in [6.07, 6.45) is -0.428. The smallest absolute Gasteiger partial charge is 0.338 e. The van der Waals surface area contributed by atoms with Gasteiger partial charge in [-0.3, -0.25) is 0 Å². The minimum Gasteiger partial charge on any atom is -0.457 e. The highest BCUT2D eigenvalue weighted by molar-refractivity contribution is 6.11. The number of hydrogen-bond donors (Lipinski definition) is 0. The molecule has 1 aromatic carbocycles. The van der Waals surface area contributed by atoms with Crippen molar-refractivity contribution in [2.24, 2.45) is 0 Å². The van der Waals surface area contributed by atoms with Gasteiger partial charge in [0.05, 0.1) is 18.2 Å². The highest BCUT2D eigenvalue weighted by Gasteiger charge is 2.23. The van der Waals surface area contributed by atoms with Crippen molar-refractivity contribution < 1.29 is 19.0 Å². The number of esters is 1.